The maximum Gasteiger partial charge on any atom is 0.321 e. The van der Waals surface area contributed by atoms with Crippen LogP contribution in [-0.2, 0) is 18.9 Å². The molecule has 4 nitrogen and oxygen atoms in total. The predicted octanol–water partition coefficient (Wildman–Crippen LogP) is 7.33. The van der Waals surface area contributed by atoms with E-state index in [1.165, 1.54) is 38.5 Å². The average molecular weight is 387 g/mol. The van der Waals surface area contributed by atoms with Crippen molar-refractivity contribution in [3.8, 4) is 0 Å². The molecule has 0 radical (unpaired) electrons. The molecule has 0 saturated heterocycles. The molecule has 0 unspecified atom stereocenters. The van der Waals surface area contributed by atoms with Gasteiger partial charge in [0.2, 0.25) is 0 Å². The molecule has 0 saturated carbocycles. The Hall–Kier alpha value is -0.900. The van der Waals surface area contributed by atoms with Gasteiger partial charge in [0.1, 0.15) is 0 Å². The van der Waals surface area contributed by atoms with Crippen LogP contribution >= 0.6 is 0 Å². The van der Waals surface area contributed by atoms with Crippen LogP contribution in [0.15, 0.2) is 11.7 Å². The molecule has 0 heterocycles. The summed E-state index contributed by atoms with van der Waals surface area (Å²) in [5.41, 5.74) is 0. The Morgan fingerprint density at radius 3 is 1.78 bits per heavy atom. The first-order chi connectivity index (χ1) is 13.3. The molecule has 27 heavy (non-hydrogen) atoms. The van der Waals surface area contributed by atoms with Gasteiger partial charge in [0, 0.05) is 6.42 Å². The number of hydrogen-bond acceptors (Lipinski definition) is 4. The second-order valence-corrected chi connectivity index (χ2v) is 7.16. The summed E-state index contributed by atoms with van der Waals surface area (Å²) in [4.78, 5) is 0. The second kappa shape index (κ2) is 21.4. The summed E-state index contributed by atoms with van der Waals surface area (Å²) in [6.45, 7) is 11.2. The number of ether oxygens (including phenoxy) is 4. The lowest BCUT2D eigenvalue weighted by Gasteiger charge is -2.18. The summed E-state index contributed by atoms with van der Waals surface area (Å²) in [6.07, 6.45) is 14.8. The largest absolute Gasteiger partial charge is 0.491 e. The first kappa shape index (κ1) is 26.1. The smallest absolute Gasteiger partial charge is 0.321 e. The molecule has 0 aromatic carbocycles. The summed E-state index contributed by atoms with van der Waals surface area (Å²) in [5, 5.41) is 0. The summed E-state index contributed by atoms with van der Waals surface area (Å²) >= 11 is 0. The van der Waals surface area contributed by atoms with Crippen molar-refractivity contribution < 1.29 is 18.9 Å². The number of hydrogen-bond donors (Lipinski definition) is 0. The highest BCUT2D eigenvalue weighted by Gasteiger charge is 2.13. The second-order valence-electron chi connectivity index (χ2n) is 7.16. The lowest BCUT2D eigenvalue weighted by Crippen LogP contribution is -2.10. The Balaban J connectivity index is 4.51. The van der Waals surface area contributed by atoms with Crippen molar-refractivity contribution in [1.82, 2.24) is 0 Å². The fourth-order valence-electron chi connectivity index (χ4n) is 2.58. The van der Waals surface area contributed by atoms with Crippen molar-refractivity contribution in [2.75, 3.05) is 26.6 Å². The van der Waals surface area contributed by atoms with Crippen LogP contribution in [0.1, 0.15) is 111 Å². The molecule has 162 valence electrons. The van der Waals surface area contributed by atoms with Gasteiger partial charge in [-0.2, -0.15) is 0 Å². The molecule has 0 bridgehead atoms. The molecule has 0 aromatic heterocycles. The third-order valence-corrected chi connectivity index (χ3v) is 4.41. The van der Waals surface area contributed by atoms with E-state index in [1.54, 1.807) is 0 Å². The van der Waals surface area contributed by atoms with Crippen LogP contribution in [0, 0.1) is 0 Å². The van der Waals surface area contributed by atoms with Gasteiger partial charge in [-0.25, -0.2) is 0 Å². The van der Waals surface area contributed by atoms with E-state index in [0.29, 0.717) is 12.6 Å². The Kier molecular flexibility index (Phi) is 20.7. The molecular weight excluding hydrogens is 340 g/mol. The first-order valence-corrected chi connectivity index (χ1v) is 11.5. The monoisotopic (exact) mass is 386 g/mol. The Bertz CT molecular complexity index is 316. The van der Waals surface area contributed by atoms with E-state index in [2.05, 4.69) is 27.7 Å². The predicted molar refractivity (Wildman–Crippen MR) is 114 cm³/mol. The molecule has 0 spiro atoms. The van der Waals surface area contributed by atoms with Crippen LogP contribution < -0.4 is 0 Å². The molecule has 0 aliphatic heterocycles. The Morgan fingerprint density at radius 2 is 1.11 bits per heavy atom. The average Bonchev–Trinajstić information content (AvgIpc) is 2.68. The Labute approximate surface area is 169 Å². The summed E-state index contributed by atoms with van der Waals surface area (Å²) in [6, 6.07) is 0. The molecule has 4 heteroatoms. The van der Waals surface area contributed by atoms with E-state index in [-0.39, 0.29) is 6.79 Å². The van der Waals surface area contributed by atoms with Crippen LogP contribution in [0.25, 0.3) is 0 Å². The molecule has 0 aromatic rings. The maximum absolute atomic E-state index is 6.02. The van der Waals surface area contributed by atoms with E-state index in [1.807, 2.05) is 0 Å². The minimum Gasteiger partial charge on any atom is -0.491 e. The molecule has 0 N–H and O–H groups in total. The normalized spacial score (nSPS) is 12.0. The van der Waals surface area contributed by atoms with Gasteiger partial charge in [-0.1, -0.05) is 79.1 Å². The van der Waals surface area contributed by atoms with Gasteiger partial charge >= 0.3 is 5.95 Å². The van der Waals surface area contributed by atoms with Gasteiger partial charge in [-0.3, -0.25) is 0 Å². The van der Waals surface area contributed by atoms with Crippen LogP contribution in [-0.4, -0.2) is 26.6 Å². The van der Waals surface area contributed by atoms with E-state index < -0.39 is 0 Å². The van der Waals surface area contributed by atoms with E-state index in [4.69, 9.17) is 18.9 Å². The van der Waals surface area contributed by atoms with E-state index in [9.17, 15) is 0 Å². The molecule has 0 amide bonds. The van der Waals surface area contributed by atoms with Gasteiger partial charge in [-0.05, 0) is 25.7 Å². The van der Waals surface area contributed by atoms with Gasteiger partial charge in [-0.15, -0.1) is 0 Å². The number of unbranched alkanes of at least 4 members (excludes halogenated alkanes) is 8. The van der Waals surface area contributed by atoms with Gasteiger partial charge in [0.05, 0.1) is 19.8 Å². The van der Waals surface area contributed by atoms with Crippen LogP contribution in [0.5, 0.6) is 0 Å². The fourth-order valence-corrected chi connectivity index (χ4v) is 2.58. The van der Waals surface area contributed by atoms with E-state index in [0.717, 1.165) is 63.9 Å². The van der Waals surface area contributed by atoms with Gasteiger partial charge in [0.15, 0.2) is 12.6 Å². The summed E-state index contributed by atoms with van der Waals surface area (Å²) in [7, 11) is 0. The van der Waals surface area contributed by atoms with Crippen molar-refractivity contribution >= 4 is 0 Å². The SMILES string of the molecule is CCCCCCCOCO/C(OCCCC)=C(/CCCCC)OCCCC. The van der Waals surface area contributed by atoms with Gasteiger partial charge in [0.25, 0.3) is 0 Å². The molecule has 0 atom stereocenters. The zero-order chi connectivity index (χ0) is 20.0. The van der Waals surface area contributed by atoms with Crippen molar-refractivity contribution in [3.05, 3.63) is 11.7 Å². The lowest BCUT2D eigenvalue weighted by molar-refractivity contribution is -0.0844. The molecular formula is C23H46O4. The zero-order valence-corrected chi connectivity index (χ0v) is 18.7. The maximum atomic E-state index is 6.02. The van der Waals surface area contributed by atoms with Crippen molar-refractivity contribution in [2.45, 2.75) is 111 Å². The van der Waals surface area contributed by atoms with Crippen molar-refractivity contribution in [3.63, 3.8) is 0 Å². The molecule has 0 fully saturated rings. The highest BCUT2D eigenvalue weighted by atomic mass is 16.7. The van der Waals surface area contributed by atoms with Crippen molar-refractivity contribution in [1.29, 1.82) is 0 Å². The molecule has 0 aliphatic rings. The number of allylic oxidation sites excluding steroid dienone is 1. The highest BCUT2D eigenvalue weighted by molar-refractivity contribution is 4.95. The fraction of sp³-hybridized carbons (Fsp3) is 0.913. The van der Waals surface area contributed by atoms with Crippen LogP contribution in [0.4, 0.5) is 0 Å². The first-order valence-electron chi connectivity index (χ1n) is 11.5. The van der Waals surface area contributed by atoms with Crippen LogP contribution in [0.2, 0.25) is 0 Å². The topological polar surface area (TPSA) is 36.9 Å². The summed E-state index contributed by atoms with van der Waals surface area (Å²) in [5.74, 6) is 1.40. The standard InChI is InChI=1S/C23H46O4/c1-5-9-13-14-16-18-24-21-27-23(26-20-12-8-4)22(17-15-10-6-2)25-19-11-7-3/h5-21H2,1-4H3/b23-22-. The quantitative estimate of drug-likeness (QED) is 0.117. The van der Waals surface area contributed by atoms with Gasteiger partial charge < -0.3 is 18.9 Å². The molecule has 0 rings (SSSR count). The number of rotatable bonds is 21. The minimum absolute atomic E-state index is 0.240. The minimum atomic E-state index is 0.240. The third kappa shape index (κ3) is 17.0. The summed E-state index contributed by atoms with van der Waals surface area (Å²) < 4.78 is 23.4. The lowest BCUT2D eigenvalue weighted by atomic mass is 10.2. The zero-order valence-electron chi connectivity index (χ0n) is 18.7. The van der Waals surface area contributed by atoms with Crippen molar-refractivity contribution in [2.24, 2.45) is 0 Å². The Morgan fingerprint density at radius 1 is 0.519 bits per heavy atom. The highest BCUT2D eigenvalue weighted by Crippen LogP contribution is 2.19. The molecule has 0 aliphatic carbocycles. The van der Waals surface area contributed by atoms with E-state index >= 15 is 0 Å². The van der Waals surface area contributed by atoms with Crippen LogP contribution in [0.3, 0.4) is 0 Å². The third-order valence-electron chi connectivity index (χ3n) is 4.41.